The number of benzene rings is 1. The van der Waals surface area contributed by atoms with E-state index in [0.29, 0.717) is 11.6 Å². The summed E-state index contributed by atoms with van der Waals surface area (Å²) in [4.78, 5) is 2.30. The van der Waals surface area contributed by atoms with Crippen LogP contribution < -0.4 is 10.1 Å². The molecular formula is C15H23N3O. The zero-order chi connectivity index (χ0) is 14.3. The zero-order valence-corrected chi connectivity index (χ0v) is 12.2. The molecule has 1 aromatic rings. The largest absolute Gasteiger partial charge is 0.497 e. The van der Waals surface area contributed by atoms with Crippen molar-refractivity contribution in [1.82, 2.24) is 4.90 Å². The number of ether oxygens (including phenoxy) is 1. The van der Waals surface area contributed by atoms with Crippen molar-refractivity contribution in [2.24, 2.45) is 0 Å². The summed E-state index contributed by atoms with van der Waals surface area (Å²) < 4.78 is 5.18. The van der Waals surface area contributed by atoms with Gasteiger partial charge in [0.1, 0.15) is 11.8 Å². The van der Waals surface area contributed by atoms with Gasteiger partial charge in [0.25, 0.3) is 0 Å². The molecule has 1 unspecified atom stereocenters. The first-order chi connectivity index (χ1) is 9.12. The van der Waals surface area contributed by atoms with Crippen LogP contribution in [-0.4, -0.2) is 38.2 Å². The SMILES string of the molecule is CCC(C)N(C)CCNc1cc(OC)ccc1C#N. The molecule has 0 aliphatic rings. The average Bonchev–Trinajstić information content (AvgIpc) is 2.45. The first kappa shape index (κ1) is 15.3. The maximum atomic E-state index is 9.08. The highest BCUT2D eigenvalue weighted by Gasteiger charge is 2.07. The van der Waals surface area contributed by atoms with E-state index in [2.05, 4.69) is 37.2 Å². The molecule has 0 aromatic heterocycles. The van der Waals surface area contributed by atoms with E-state index in [0.717, 1.165) is 30.9 Å². The molecule has 1 aromatic carbocycles. The van der Waals surface area contributed by atoms with Crippen molar-refractivity contribution in [3.05, 3.63) is 23.8 Å². The number of nitriles is 1. The number of hydrogen-bond donors (Lipinski definition) is 1. The Morgan fingerprint density at radius 3 is 2.79 bits per heavy atom. The highest BCUT2D eigenvalue weighted by atomic mass is 16.5. The van der Waals surface area contributed by atoms with Gasteiger partial charge in [0.05, 0.1) is 18.4 Å². The minimum atomic E-state index is 0.572. The van der Waals surface area contributed by atoms with Gasteiger partial charge in [-0.3, -0.25) is 0 Å². The van der Waals surface area contributed by atoms with E-state index in [9.17, 15) is 0 Å². The van der Waals surface area contributed by atoms with Crippen LogP contribution >= 0.6 is 0 Å². The van der Waals surface area contributed by atoms with Crippen molar-refractivity contribution in [3.8, 4) is 11.8 Å². The third kappa shape index (κ3) is 4.46. The van der Waals surface area contributed by atoms with E-state index < -0.39 is 0 Å². The van der Waals surface area contributed by atoms with Crippen LogP contribution in [0, 0.1) is 11.3 Å². The third-order valence-electron chi connectivity index (χ3n) is 3.47. The zero-order valence-electron chi connectivity index (χ0n) is 12.2. The minimum absolute atomic E-state index is 0.572. The lowest BCUT2D eigenvalue weighted by Gasteiger charge is -2.23. The van der Waals surface area contributed by atoms with E-state index in [1.54, 1.807) is 19.2 Å². The van der Waals surface area contributed by atoms with E-state index in [-0.39, 0.29) is 0 Å². The average molecular weight is 261 g/mol. The molecule has 0 amide bonds. The maximum Gasteiger partial charge on any atom is 0.121 e. The van der Waals surface area contributed by atoms with Crippen LogP contribution in [0.15, 0.2) is 18.2 Å². The summed E-state index contributed by atoms with van der Waals surface area (Å²) in [6.45, 7) is 6.15. The van der Waals surface area contributed by atoms with Gasteiger partial charge in [0, 0.05) is 25.2 Å². The van der Waals surface area contributed by atoms with E-state index in [1.165, 1.54) is 0 Å². The molecule has 1 N–H and O–H groups in total. The summed E-state index contributed by atoms with van der Waals surface area (Å²) in [5.41, 5.74) is 1.48. The standard InChI is InChI=1S/C15H23N3O/c1-5-12(2)18(3)9-8-17-15-10-14(19-4)7-6-13(15)11-16/h6-7,10,12,17H,5,8-9H2,1-4H3. The van der Waals surface area contributed by atoms with Crippen molar-refractivity contribution >= 4 is 5.69 Å². The van der Waals surface area contributed by atoms with Gasteiger partial charge >= 0.3 is 0 Å². The van der Waals surface area contributed by atoms with Crippen LogP contribution in [-0.2, 0) is 0 Å². The van der Waals surface area contributed by atoms with Crippen LogP contribution in [0.2, 0.25) is 0 Å². The molecule has 104 valence electrons. The van der Waals surface area contributed by atoms with Gasteiger partial charge in [0.2, 0.25) is 0 Å². The van der Waals surface area contributed by atoms with Gasteiger partial charge in [-0.15, -0.1) is 0 Å². The number of nitrogens with one attached hydrogen (secondary N) is 1. The van der Waals surface area contributed by atoms with Gasteiger partial charge in [-0.25, -0.2) is 0 Å². The Kier molecular flexibility index (Phi) is 6.17. The highest BCUT2D eigenvalue weighted by molar-refractivity contribution is 5.60. The lowest BCUT2D eigenvalue weighted by Crippen LogP contribution is -2.32. The van der Waals surface area contributed by atoms with Crippen molar-refractivity contribution in [2.75, 3.05) is 32.6 Å². The Morgan fingerprint density at radius 2 is 2.21 bits per heavy atom. The topological polar surface area (TPSA) is 48.3 Å². The predicted molar refractivity (Wildman–Crippen MR) is 78.6 cm³/mol. The Balaban J connectivity index is 2.59. The summed E-state index contributed by atoms with van der Waals surface area (Å²) in [6.07, 6.45) is 1.14. The molecular weight excluding hydrogens is 238 g/mol. The third-order valence-corrected chi connectivity index (χ3v) is 3.47. The van der Waals surface area contributed by atoms with Crippen molar-refractivity contribution < 1.29 is 4.74 Å². The summed E-state index contributed by atoms with van der Waals surface area (Å²) in [6, 6.07) is 8.20. The van der Waals surface area contributed by atoms with Crippen LogP contribution in [0.4, 0.5) is 5.69 Å². The molecule has 0 radical (unpaired) electrons. The lowest BCUT2D eigenvalue weighted by molar-refractivity contribution is 0.261. The second-order valence-electron chi connectivity index (χ2n) is 4.69. The molecule has 0 spiro atoms. The smallest absolute Gasteiger partial charge is 0.121 e. The maximum absolute atomic E-state index is 9.08. The lowest BCUT2D eigenvalue weighted by atomic mass is 10.2. The molecule has 0 saturated heterocycles. The van der Waals surface area contributed by atoms with Crippen molar-refractivity contribution in [1.29, 1.82) is 5.26 Å². The molecule has 0 fully saturated rings. The molecule has 1 rings (SSSR count). The fraction of sp³-hybridized carbons (Fsp3) is 0.533. The van der Waals surface area contributed by atoms with Gasteiger partial charge in [-0.2, -0.15) is 5.26 Å². The van der Waals surface area contributed by atoms with Crippen LogP contribution in [0.5, 0.6) is 5.75 Å². The summed E-state index contributed by atoms with van der Waals surface area (Å²) in [5.74, 6) is 0.761. The molecule has 0 heterocycles. The number of methoxy groups -OCH3 is 1. The van der Waals surface area contributed by atoms with Gasteiger partial charge < -0.3 is 15.0 Å². The van der Waals surface area contributed by atoms with Gasteiger partial charge in [-0.05, 0) is 32.5 Å². The van der Waals surface area contributed by atoms with Crippen LogP contribution in [0.1, 0.15) is 25.8 Å². The molecule has 0 bridgehead atoms. The fourth-order valence-electron chi connectivity index (χ4n) is 1.79. The summed E-state index contributed by atoms with van der Waals surface area (Å²) in [7, 11) is 3.74. The normalized spacial score (nSPS) is 12.0. The second-order valence-corrected chi connectivity index (χ2v) is 4.69. The Bertz CT molecular complexity index is 440. The Hall–Kier alpha value is -1.73. The quantitative estimate of drug-likeness (QED) is 0.820. The monoisotopic (exact) mass is 261 g/mol. The molecule has 1 atom stereocenters. The van der Waals surface area contributed by atoms with Crippen molar-refractivity contribution in [2.45, 2.75) is 26.3 Å². The fourth-order valence-corrected chi connectivity index (χ4v) is 1.79. The summed E-state index contributed by atoms with van der Waals surface area (Å²) in [5, 5.41) is 12.4. The van der Waals surface area contributed by atoms with Crippen LogP contribution in [0.25, 0.3) is 0 Å². The number of rotatable bonds is 7. The van der Waals surface area contributed by atoms with Crippen molar-refractivity contribution in [3.63, 3.8) is 0 Å². The van der Waals surface area contributed by atoms with E-state index in [1.807, 2.05) is 6.07 Å². The molecule has 0 saturated carbocycles. The molecule has 0 aliphatic heterocycles. The second kappa shape index (κ2) is 7.65. The van der Waals surface area contributed by atoms with E-state index >= 15 is 0 Å². The first-order valence-corrected chi connectivity index (χ1v) is 6.64. The van der Waals surface area contributed by atoms with E-state index in [4.69, 9.17) is 10.00 Å². The number of likely N-dealkylation sites (N-methyl/N-ethyl adjacent to an activating group) is 1. The molecule has 19 heavy (non-hydrogen) atoms. The Morgan fingerprint density at radius 1 is 1.47 bits per heavy atom. The number of anilines is 1. The summed E-state index contributed by atoms with van der Waals surface area (Å²) >= 11 is 0. The predicted octanol–water partition coefficient (Wildman–Crippen LogP) is 2.71. The Labute approximate surface area is 116 Å². The first-order valence-electron chi connectivity index (χ1n) is 6.64. The van der Waals surface area contributed by atoms with Crippen LogP contribution in [0.3, 0.4) is 0 Å². The molecule has 4 nitrogen and oxygen atoms in total. The number of hydrogen-bond acceptors (Lipinski definition) is 4. The van der Waals surface area contributed by atoms with Gasteiger partial charge in [0.15, 0.2) is 0 Å². The number of nitrogens with zero attached hydrogens (tertiary/aromatic N) is 2. The minimum Gasteiger partial charge on any atom is -0.497 e. The molecule has 0 aliphatic carbocycles. The molecule has 4 heteroatoms. The van der Waals surface area contributed by atoms with Gasteiger partial charge in [-0.1, -0.05) is 6.92 Å². The highest BCUT2D eigenvalue weighted by Crippen LogP contribution is 2.21.